The van der Waals surface area contributed by atoms with Crippen LogP contribution in [0.4, 0.5) is 0 Å². The first-order chi connectivity index (χ1) is 10.1. The second-order valence-corrected chi connectivity index (χ2v) is 5.99. The summed E-state index contributed by atoms with van der Waals surface area (Å²) >= 11 is 0. The van der Waals surface area contributed by atoms with Gasteiger partial charge in [0.25, 0.3) is 0 Å². The molecule has 1 aromatic heterocycles. The van der Waals surface area contributed by atoms with E-state index in [0.717, 1.165) is 38.2 Å². The Morgan fingerprint density at radius 1 is 1.43 bits per heavy atom. The van der Waals surface area contributed by atoms with Crippen molar-refractivity contribution in [2.45, 2.75) is 19.3 Å². The van der Waals surface area contributed by atoms with Gasteiger partial charge in [0.15, 0.2) is 0 Å². The lowest BCUT2D eigenvalue weighted by Gasteiger charge is -2.37. The number of aryl methyl sites for hydroxylation is 1. The largest absolute Gasteiger partial charge is 0.356 e. The lowest BCUT2D eigenvalue weighted by molar-refractivity contribution is -0.128. The summed E-state index contributed by atoms with van der Waals surface area (Å²) in [7, 11) is 1.85. The molecule has 0 bridgehead atoms. The Balaban J connectivity index is 1.57. The molecular formula is C15H20N4O2. The van der Waals surface area contributed by atoms with Gasteiger partial charge in [-0.2, -0.15) is 5.10 Å². The first-order valence-electron chi connectivity index (χ1n) is 7.30. The van der Waals surface area contributed by atoms with Crippen LogP contribution in [0.25, 0.3) is 6.08 Å². The number of piperidine rings is 1. The lowest BCUT2D eigenvalue weighted by atomic mass is 9.77. The van der Waals surface area contributed by atoms with Gasteiger partial charge in [-0.15, -0.1) is 0 Å². The highest BCUT2D eigenvalue weighted by atomic mass is 16.2. The number of carbonyl (C=O) groups excluding carboxylic acids is 2. The molecule has 3 heterocycles. The maximum absolute atomic E-state index is 12.2. The van der Waals surface area contributed by atoms with E-state index in [1.165, 1.54) is 0 Å². The van der Waals surface area contributed by atoms with Crippen LogP contribution in [0.2, 0.25) is 0 Å². The minimum Gasteiger partial charge on any atom is -0.356 e. The van der Waals surface area contributed by atoms with E-state index in [0.29, 0.717) is 6.42 Å². The molecule has 0 radical (unpaired) electrons. The fraction of sp³-hybridized carbons (Fsp3) is 0.533. The third kappa shape index (κ3) is 2.84. The maximum atomic E-state index is 12.2. The highest BCUT2D eigenvalue weighted by Gasteiger charge is 2.41. The van der Waals surface area contributed by atoms with E-state index in [2.05, 4.69) is 10.4 Å². The highest BCUT2D eigenvalue weighted by molar-refractivity contribution is 5.91. The smallest absolute Gasteiger partial charge is 0.246 e. The van der Waals surface area contributed by atoms with E-state index in [9.17, 15) is 9.59 Å². The van der Waals surface area contributed by atoms with E-state index < -0.39 is 0 Å². The zero-order valence-electron chi connectivity index (χ0n) is 12.2. The summed E-state index contributed by atoms with van der Waals surface area (Å²) in [5.74, 6) is 0.175. The van der Waals surface area contributed by atoms with Crippen LogP contribution in [0.3, 0.4) is 0 Å². The Hall–Kier alpha value is -2.11. The second kappa shape index (κ2) is 5.35. The number of amides is 2. The molecule has 2 fully saturated rings. The summed E-state index contributed by atoms with van der Waals surface area (Å²) in [5.41, 5.74) is 0.988. The van der Waals surface area contributed by atoms with Crippen LogP contribution in [-0.2, 0) is 16.6 Å². The first kappa shape index (κ1) is 13.9. The summed E-state index contributed by atoms with van der Waals surface area (Å²) in [6.45, 7) is 2.21. The molecule has 0 aliphatic carbocycles. The van der Waals surface area contributed by atoms with Crippen molar-refractivity contribution in [3.05, 3.63) is 24.0 Å². The van der Waals surface area contributed by atoms with Gasteiger partial charge in [-0.05, 0) is 30.4 Å². The molecule has 0 aromatic carbocycles. The van der Waals surface area contributed by atoms with E-state index in [1.54, 1.807) is 23.0 Å². The minimum atomic E-state index is 0.0309. The number of hydrogen-bond acceptors (Lipinski definition) is 3. The highest BCUT2D eigenvalue weighted by Crippen LogP contribution is 2.37. The maximum Gasteiger partial charge on any atom is 0.246 e. The lowest BCUT2D eigenvalue weighted by Crippen LogP contribution is -2.43. The van der Waals surface area contributed by atoms with Crippen molar-refractivity contribution in [3.8, 4) is 0 Å². The Morgan fingerprint density at radius 3 is 2.76 bits per heavy atom. The molecule has 2 saturated heterocycles. The molecule has 6 heteroatoms. The van der Waals surface area contributed by atoms with E-state index in [-0.39, 0.29) is 17.2 Å². The van der Waals surface area contributed by atoms with Crippen molar-refractivity contribution in [2.24, 2.45) is 12.5 Å². The Labute approximate surface area is 123 Å². The van der Waals surface area contributed by atoms with Crippen molar-refractivity contribution in [1.29, 1.82) is 0 Å². The number of likely N-dealkylation sites (tertiary alicyclic amines) is 1. The van der Waals surface area contributed by atoms with Crippen LogP contribution in [0.5, 0.6) is 0 Å². The zero-order chi connectivity index (χ0) is 14.9. The monoisotopic (exact) mass is 288 g/mol. The SMILES string of the molecule is Cn1nccc1C=CC(=O)N1CCC2(CC1)CNC(=O)C2. The van der Waals surface area contributed by atoms with Gasteiger partial charge in [-0.25, -0.2) is 0 Å². The number of carbonyl (C=O) groups is 2. The molecule has 1 aromatic rings. The molecule has 21 heavy (non-hydrogen) atoms. The second-order valence-electron chi connectivity index (χ2n) is 5.99. The molecule has 2 amide bonds. The molecule has 2 aliphatic rings. The van der Waals surface area contributed by atoms with Crippen LogP contribution < -0.4 is 5.32 Å². The van der Waals surface area contributed by atoms with Gasteiger partial charge in [0, 0.05) is 45.4 Å². The third-order valence-electron chi connectivity index (χ3n) is 4.59. The summed E-state index contributed by atoms with van der Waals surface area (Å²) in [5, 5.41) is 6.97. The zero-order valence-corrected chi connectivity index (χ0v) is 12.2. The third-order valence-corrected chi connectivity index (χ3v) is 4.59. The Kier molecular flexibility index (Phi) is 3.53. The average Bonchev–Trinajstić information content (AvgIpc) is 3.04. The molecule has 112 valence electrons. The van der Waals surface area contributed by atoms with Gasteiger partial charge < -0.3 is 10.2 Å². The standard InChI is InChI=1S/C15H20N4O2/c1-18-12(4-7-17-18)2-3-14(21)19-8-5-15(6-9-19)10-13(20)16-11-15/h2-4,7H,5-6,8-11H2,1H3,(H,16,20). The predicted molar refractivity (Wildman–Crippen MR) is 78.1 cm³/mol. The quantitative estimate of drug-likeness (QED) is 0.809. The molecule has 1 spiro atoms. The van der Waals surface area contributed by atoms with Crippen molar-refractivity contribution in [2.75, 3.05) is 19.6 Å². The van der Waals surface area contributed by atoms with Gasteiger partial charge in [0.2, 0.25) is 11.8 Å². The Bertz CT molecular complexity index is 582. The van der Waals surface area contributed by atoms with Crippen molar-refractivity contribution >= 4 is 17.9 Å². The average molecular weight is 288 g/mol. The molecule has 0 atom stereocenters. The summed E-state index contributed by atoms with van der Waals surface area (Å²) in [6, 6.07) is 1.87. The Morgan fingerprint density at radius 2 is 2.19 bits per heavy atom. The van der Waals surface area contributed by atoms with Gasteiger partial charge in [0.05, 0.1) is 5.69 Å². The fourth-order valence-corrected chi connectivity index (χ4v) is 3.12. The van der Waals surface area contributed by atoms with E-state index in [1.807, 2.05) is 18.0 Å². The van der Waals surface area contributed by atoms with Crippen LogP contribution in [-0.4, -0.2) is 46.1 Å². The van der Waals surface area contributed by atoms with Crippen LogP contribution >= 0.6 is 0 Å². The number of aromatic nitrogens is 2. The van der Waals surface area contributed by atoms with Gasteiger partial charge in [-0.1, -0.05) is 0 Å². The molecule has 0 unspecified atom stereocenters. The summed E-state index contributed by atoms with van der Waals surface area (Å²) < 4.78 is 1.73. The molecule has 2 aliphatic heterocycles. The van der Waals surface area contributed by atoms with E-state index >= 15 is 0 Å². The van der Waals surface area contributed by atoms with Gasteiger partial charge in [-0.3, -0.25) is 14.3 Å². The number of rotatable bonds is 2. The summed E-state index contributed by atoms with van der Waals surface area (Å²) in [6.07, 6.45) is 7.51. The molecular weight excluding hydrogens is 268 g/mol. The molecule has 3 rings (SSSR count). The van der Waals surface area contributed by atoms with Crippen LogP contribution in [0.15, 0.2) is 18.3 Å². The fourth-order valence-electron chi connectivity index (χ4n) is 3.12. The number of hydrogen-bond donors (Lipinski definition) is 1. The van der Waals surface area contributed by atoms with Crippen LogP contribution in [0.1, 0.15) is 25.0 Å². The molecule has 1 N–H and O–H groups in total. The van der Waals surface area contributed by atoms with Crippen LogP contribution in [0, 0.1) is 5.41 Å². The van der Waals surface area contributed by atoms with Gasteiger partial charge >= 0.3 is 0 Å². The predicted octanol–water partition coefficient (Wildman–Crippen LogP) is 0.562. The molecule has 6 nitrogen and oxygen atoms in total. The number of nitrogens with one attached hydrogen (secondary N) is 1. The van der Waals surface area contributed by atoms with Gasteiger partial charge in [0.1, 0.15) is 0 Å². The van der Waals surface area contributed by atoms with Crippen molar-refractivity contribution < 1.29 is 9.59 Å². The van der Waals surface area contributed by atoms with E-state index in [4.69, 9.17) is 0 Å². The van der Waals surface area contributed by atoms with Crippen molar-refractivity contribution in [3.63, 3.8) is 0 Å². The topological polar surface area (TPSA) is 67.2 Å². The summed E-state index contributed by atoms with van der Waals surface area (Å²) in [4.78, 5) is 25.4. The first-order valence-corrected chi connectivity index (χ1v) is 7.30. The minimum absolute atomic E-state index is 0.0309. The normalized spacial score (nSPS) is 21.2. The molecule has 0 saturated carbocycles. The number of nitrogens with zero attached hydrogens (tertiary/aromatic N) is 3. The van der Waals surface area contributed by atoms with Crippen molar-refractivity contribution in [1.82, 2.24) is 20.0 Å².